The van der Waals surface area contributed by atoms with Crippen molar-refractivity contribution in [3.63, 3.8) is 0 Å². The van der Waals surface area contributed by atoms with Crippen molar-refractivity contribution in [3.8, 4) is 5.75 Å². The lowest BCUT2D eigenvalue weighted by molar-refractivity contribution is -0.132. The van der Waals surface area contributed by atoms with Crippen LogP contribution in [0.4, 0.5) is 4.79 Å². The molecule has 2 atom stereocenters. The monoisotopic (exact) mass is 293 g/mol. The molecule has 1 heterocycles. The Morgan fingerprint density at radius 2 is 2.05 bits per heavy atom. The molecule has 0 bridgehead atoms. The maximum Gasteiger partial charge on any atom is 0.318 e. The number of hydrogen-bond donors (Lipinski definition) is 2. The molecule has 1 aromatic carbocycles. The summed E-state index contributed by atoms with van der Waals surface area (Å²) < 4.78 is 5.11. The smallest absolute Gasteiger partial charge is 0.318 e. The number of nitrogens with zero attached hydrogens (tertiary/aromatic N) is 1. The van der Waals surface area contributed by atoms with Crippen LogP contribution in [0.5, 0.6) is 5.75 Å². The second kappa shape index (κ2) is 6.45. The van der Waals surface area contributed by atoms with E-state index in [0.29, 0.717) is 6.54 Å². The van der Waals surface area contributed by atoms with Crippen molar-refractivity contribution in [3.05, 3.63) is 29.8 Å². The van der Waals surface area contributed by atoms with Crippen molar-refractivity contribution in [2.45, 2.75) is 19.0 Å². The maximum absolute atomic E-state index is 12.0. The number of hydroxylamine groups is 1. The van der Waals surface area contributed by atoms with Gasteiger partial charge in [-0.25, -0.2) is 10.3 Å². The van der Waals surface area contributed by atoms with Gasteiger partial charge in [-0.2, -0.15) is 0 Å². The Kier molecular flexibility index (Phi) is 4.64. The highest BCUT2D eigenvalue weighted by Gasteiger charge is 2.36. The van der Waals surface area contributed by atoms with E-state index >= 15 is 0 Å². The molecule has 7 nitrogen and oxygen atoms in total. The molecular weight excluding hydrogens is 274 g/mol. The van der Waals surface area contributed by atoms with Crippen molar-refractivity contribution in [2.24, 2.45) is 0 Å². The Hall–Kier alpha value is -2.28. The molecule has 2 N–H and O–H groups in total. The van der Waals surface area contributed by atoms with Crippen molar-refractivity contribution in [1.82, 2.24) is 15.7 Å². The molecule has 3 amide bonds. The second-order valence-electron chi connectivity index (χ2n) is 4.77. The standard InChI is InChI=1S/C14H19N3O4/c1-9(10-4-6-11(20-2)7-5-10)17-8-12(15-14(17)19)13(18)16-21-3/h4-7,9,12H,8H2,1-3H3,(H,15,19)(H,16,18)/t9-,12?/m0/s1. The lowest BCUT2D eigenvalue weighted by atomic mass is 10.1. The number of ether oxygens (including phenoxy) is 1. The lowest BCUT2D eigenvalue weighted by Gasteiger charge is -2.23. The molecule has 114 valence electrons. The van der Waals surface area contributed by atoms with Crippen molar-refractivity contribution in [2.75, 3.05) is 20.8 Å². The molecule has 21 heavy (non-hydrogen) atoms. The SMILES string of the molecule is CONC(=O)C1CN([C@@H](C)c2ccc(OC)cc2)C(=O)N1. The number of rotatable bonds is 5. The molecule has 1 saturated heterocycles. The highest BCUT2D eigenvalue weighted by Crippen LogP contribution is 2.25. The van der Waals surface area contributed by atoms with E-state index in [9.17, 15) is 9.59 Å². The minimum atomic E-state index is -0.613. The normalized spacial score (nSPS) is 19.1. The fourth-order valence-electron chi connectivity index (χ4n) is 2.27. The van der Waals surface area contributed by atoms with Gasteiger partial charge < -0.3 is 15.0 Å². The minimum absolute atomic E-state index is 0.142. The van der Waals surface area contributed by atoms with Gasteiger partial charge in [0.05, 0.1) is 26.8 Å². The second-order valence-corrected chi connectivity index (χ2v) is 4.77. The van der Waals surface area contributed by atoms with Crippen molar-refractivity contribution in [1.29, 1.82) is 0 Å². The van der Waals surface area contributed by atoms with E-state index in [2.05, 4.69) is 15.6 Å². The minimum Gasteiger partial charge on any atom is -0.497 e. The molecule has 0 aliphatic carbocycles. The number of benzene rings is 1. The first-order chi connectivity index (χ1) is 10.1. The molecule has 1 unspecified atom stereocenters. The van der Waals surface area contributed by atoms with Crippen molar-refractivity contribution < 1.29 is 19.2 Å². The summed E-state index contributed by atoms with van der Waals surface area (Å²) in [6.45, 7) is 2.21. The molecule has 0 saturated carbocycles. The van der Waals surface area contributed by atoms with E-state index < -0.39 is 6.04 Å². The van der Waals surface area contributed by atoms with Gasteiger partial charge in [0.25, 0.3) is 5.91 Å². The number of hydrogen-bond acceptors (Lipinski definition) is 4. The van der Waals surface area contributed by atoms with Crippen LogP contribution in [-0.2, 0) is 9.63 Å². The molecule has 1 aromatic rings. The average molecular weight is 293 g/mol. The summed E-state index contributed by atoms with van der Waals surface area (Å²) in [5.74, 6) is 0.393. The van der Waals surface area contributed by atoms with E-state index in [4.69, 9.17) is 4.74 Å². The average Bonchev–Trinajstić information content (AvgIpc) is 2.89. The molecule has 0 spiro atoms. The summed E-state index contributed by atoms with van der Waals surface area (Å²) in [5.41, 5.74) is 3.20. The zero-order valence-corrected chi connectivity index (χ0v) is 12.3. The molecule has 7 heteroatoms. The molecule has 0 aromatic heterocycles. The predicted molar refractivity (Wildman–Crippen MR) is 75.6 cm³/mol. The van der Waals surface area contributed by atoms with Crippen LogP contribution in [0.2, 0.25) is 0 Å². The molecular formula is C14H19N3O4. The van der Waals surface area contributed by atoms with Gasteiger partial charge in [0, 0.05) is 0 Å². The Morgan fingerprint density at radius 3 is 2.62 bits per heavy atom. The van der Waals surface area contributed by atoms with E-state index in [-0.39, 0.29) is 18.0 Å². The molecule has 1 fully saturated rings. The number of nitrogens with one attached hydrogen (secondary N) is 2. The van der Waals surface area contributed by atoms with Gasteiger partial charge in [-0.1, -0.05) is 12.1 Å². The lowest BCUT2D eigenvalue weighted by Crippen LogP contribution is -2.42. The summed E-state index contributed by atoms with van der Waals surface area (Å²) in [4.78, 5) is 29.9. The van der Waals surface area contributed by atoms with Gasteiger partial charge in [0.2, 0.25) is 0 Å². The third kappa shape index (κ3) is 3.25. The van der Waals surface area contributed by atoms with Crippen LogP contribution in [0.3, 0.4) is 0 Å². The summed E-state index contributed by atoms with van der Waals surface area (Å²) >= 11 is 0. The number of carbonyl (C=O) groups excluding carboxylic acids is 2. The third-order valence-corrected chi connectivity index (χ3v) is 3.52. The molecule has 1 aliphatic rings. The zero-order chi connectivity index (χ0) is 15.4. The van der Waals surface area contributed by atoms with Gasteiger partial charge in [0.1, 0.15) is 11.8 Å². The van der Waals surface area contributed by atoms with Crippen LogP contribution in [0, 0.1) is 0 Å². The number of urea groups is 1. The number of methoxy groups -OCH3 is 1. The summed E-state index contributed by atoms with van der Waals surface area (Å²) in [6.07, 6.45) is 0. The van der Waals surface area contributed by atoms with Crippen LogP contribution in [0.1, 0.15) is 18.5 Å². The number of amides is 3. The van der Waals surface area contributed by atoms with Crippen LogP contribution in [0.25, 0.3) is 0 Å². The Labute approximate surface area is 123 Å². The summed E-state index contributed by atoms with van der Waals surface area (Å²) in [6, 6.07) is 6.46. The fraction of sp³-hybridized carbons (Fsp3) is 0.429. The van der Waals surface area contributed by atoms with E-state index in [0.717, 1.165) is 11.3 Å². The van der Waals surface area contributed by atoms with Crippen LogP contribution in [0.15, 0.2) is 24.3 Å². The Bertz CT molecular complexity index is 517. The van der Waals surface area contributed by atoms with Gasteiger partial charge in [-0.15, -0.1) is 0 Å². The number of carbonyl (C=O) groups is 2. The largest absolute Gasteiger partial charge is 0.497 e. The summed E-state index contributed by atoms with van der Waals surface area (Å²) in [5, 5.41) is 2.63. The third-order valence-electron chi connectivity index (χ3n) is 3.52. The highest BCUT2D eigenvalue weighted by atomic mass is 16.6. The molecule has 2 rings (SSSR count). The Morgan fingerprint density at radius 1 is 1.38 bits per heavy atom. The van der Waals surface area contributed by atoms with Gasteiger partial charge in [-0.05, 0) is 24.6 Å². The highest BCUT2D eigenvalue weighted by molar-refractivity contribution is 5.90. The van der Waals surface area contributed by atoms with E-state index in [1.807, 2.05) is 31.2 Å². The fourth-order valence-corrected chi connectivity index (χ4v) is 2.27. The topological polar surface area (TPSA) is 79.9 Å². The first-order valence-corrected chi connectivity index (χ1v) is 6.60. The molecule has 1 aliphatic heterocycles. The van der Waals surface area contributed by atoms with Crippen LogP contribution >= 0.6 is 0 Å². The van der Waals surface area contributed by atoms with Gasteiger partial charge in [0.15, 0.2) is 0 Å². The zero-order valence-electron chi connectivity index (χ0n) is 12.3. The van der Waals surface area contributed by atoms with E-state index in [1.54, 1.807) is 12.0 Å². The van der Waals surface area contributed by atoms with Gasteiger partial charge in [-0.3, -0.25) is 9.63 Å². The van der Waals surface area contributed by atoms with Crippen LogP contribution in [-0.4, -0.2) is 43.6 Å². The molecule has 0 radical (unpaired) electrons. The quantitative estimate of drug-likeness (QED) is 0.788. The maximum atomic E-state index is 12.0. The first-order valence-electron chi connectivity index (χ1n) is 6.60. The first kappa shape index (κ1) is 15.1. The van der Waals surface area contributed by atoms with E-state index in [1.165, 1.54) is 7.11 Å². The van der Waals surface area contributed by atoms with Crippen LogP contribution < -0.4 is 15.5 Å². The van der Waals surface area contributed by atoms with Crippen molar-refractivity contribution >= 4 is 11.9 Å². The Balaban J connectivity index is 2.06. The summed E-state index contributed by atoms with van der Waals surface area (Å²) in [7, 11) is 2.96. The van der Waals surface area contributed by atoms with Gasteiger partial charge >= 0.3 is 6.03 Å². The predicted octanol–water partition coefficient (Wildman–Crippen LogP) is 0.828.